The van der Waals surface area contributed by atoms with Gasteiger partial charge in [0.25, 0.3) is 0 Å². The van der Waals surface area contributed by atoms with E-state index in [1.54, 1.807) is 11.9 Å². The third-order valence-corrected chi connectivity index (χ3v) is 4.61. The van der Waals surface area contributed by atoms with Crippen molar-refractivity contribution in [3.63, 3.8) is 0 Å². The molecule has 2 amide bonds. The van der Waals surface area contributed by atoms with E-state index in [4.69, 9.17) is 11.6 Å². The zero-order valence-electron chi connectivity index (χ0n) is 11.4. The van der Waals surface area contributed by atoms with Crippen molar-refractivity contribution in [2.24, 2.45) is 0 Å². The average molecular weight is 366 g/mol. The summed E-state index contributed by atoms with van der Waals surface area (Å²) in [5.41, 5.74) is 4.02. The molecule has 0 aliphatic carbocycles. The van der Waals surface area contributed by atoms with Gasteiger partial charge in [0.2, 0.25) is 0 Å². The average Bonchev–Trinajstić information content (AvgIpc) is 2.48. The summed E-state index contributed by atoms with van der Waals surface area (Å²) < 4.78 is 1.03. The minimum absolute atomic E-state index is 0.0782. The fraction of sp³-hybridized carbons (Fsp3) is 0.188. The first-order valence-electron chi connectivity index (χ1n) is 6.59. The summed E-state index contributed by atoms with van der Waals surface area (Å²) in [5.74, 6) is 0. The molecule has 2 aromatic rings. The number of anilines is 1. The normalized spacial score (nSPS) is 15.4. The van der Waals surface area contributed by atoms with Crippen molar-refractivity contribution in [2.45, 2.75) is 11.9 Å². The zero-order chi connectivity index (χ0) is 15.0. The highest BCUT2D eigenvalue weighted by Gasteiger charge is 2.21. The van der Waals surface area contributed by atoms with Crippen LogP contribution in [0, 0.1) is 0 Å². The monoisotopic (exact) mass is 364 g/mol. The van der Waals surface area contributed by atoms with Gasteiger partial charge in [-0.2, -0.15) is 0 Å². The highest BCUT2D eigenvalue weighted by atomic mass is 79.9. The van der Waals surface area contributed by atoms with Crippen molar-refractivity contribution in [1.29, 1.82) is 0 Å². The number of carbonyl (C=O) groups is 1. The summed E-state index contributed by atoms with van der Waals surface area (Å²) in [6.07, 6.45) is 0. The second kappa shape index (κ2) is 5.70. The Labute approximate surface area is 137 Å². The first-order chi connectivity index (χ1) is 10.0. The van der Waals surface area contributed by atoms with E-state index < -0.39 is 0 Å². The summed E-state index contributed by atoms with van der Waals surface area (Å²) in [7, 11) is 1.78. The maximum atomic E-state index is 11.6. The molecule has 3 rings (SSSR count). The maximum Gasteiger partial charge on any atom is 0.321 e. The third-order valence-electron chi connectivity index (χ3n) is 3.58. The molecular weight excluding hydrogens is 352 g/mol. The smallest absolute Gasteiger partial charge is 0.321 e. The first kappa shape index (κ1) is 14.4. The number of benzene rings is 2. The standard InChI is InChI=1S/C16H14BrClN2O/c1-20-9-12-8-11(4-7-14(12)19-16(20)21)15(18)10-2-5-13(17)6-3-10/h2-8,15H,9H2,1H3,(H,19,21). The molecule has 0 fully saturated rings. The lowest BCUT2D eigenvalue weighted by Crippen LogP contribution is -2.35. The molecule has 0 bridgehead atoms. The molecular formula is C16H14BrClN2O. The van der Waals surface area contributed by atoms with Gasteiger partial charge in [-0.15, -0.1) is 11.6 Å². The summed E-state index contributed by atoms with van der Waals surface area (Å²) in [6.45, 7) is 0.596. The molecule has 1 atom stereocenters. The Bertz CT molecular complexity index is 687. The number of urea groups is 1. The first-order valence-corrected chi connectivity index (χ1v) is 7.82. The van der Waals surface area contributed by atoms with E-state index in [-0.39, 0.29) is 11.4 Å². The van der Waals surface area contributed by atoms with Gasteiger partial charge in [0.15, 0.2) is 0 Å². The largest absolute Gasteiger partial charge is 0.323 e. The van der Waals surface area contributed by atoms with E-state index in [0.717, 1.165) is 26.9 Å². The SMILES string of the molecule is CN1Cc2cc(C(Cl)c3ccc(Br)cc3)ccc2NC1=O. The molecule has 21 heavy (non-hydrogen) atoms. The highest BCUT2D eigenvalue weighted by Crippen LogP contribution is 2.33. The van der Waals surface area contributed by atoms with Crippen LogP contribution in [0.5, 0.6) is 0 Å². The summed E-state index contributed by atoms with van der Waals surface area (Å²) >= 11 is 10.00. The number of amides is 2. The molecule has 1 N–H and O–H groups in total. The second-order valence-electron chi connectivity index (χ2n) is 5.12. The lowest BCUT2D eigenvalue weighted by atomic mass is 10.00. The Morgan fingerprint density at radius 2 is 1.86 bits per heavy atom. The van der Waals surface area contributed by atoms with Crippen molar-refractivity contribution in [2.75, 3.05) is 12.4 Å². The summed E-state index contributed by atoms with van der Waals surface area (Å²) in [6, 6.07) is 13.8. The number of hydrogen-bond acceptors (Lipinski definition) is 1. The van der Waals surface area contributed by atoms with E-state index in [0.29, 0.717) is 6.54 Å². The molecule has 0 aromatic heterocycles. The van der Waals surface area contributed by atoms with E-state index >= 15 is 0 Å². The predicted molar refractivity (Wildman–Crippen MR) is 88.8 cm³/mol. The van der Waals surface area contributed by atoms with Gasteiger partial charge in [-0.05, 0) is 34.9 Å². The fourth-order valence-corrected chi connectivity index (χ4v) is 2.93. The number of hydrogen-bond donors (Lipinski definition) is 1. The molecule has 3 nitrogen and oxygen atoms in total. The van der Waals surface area contributed by atoms with Gasteiger partial charge in [0, 0.05) is 23.8 Å². The number of alkyl halides is 1. The van der Waals surface area contributed by atoms with Crippen molar-refractivity contribution in [1.82, 2.24) is 4.90 Å². The van der Waals surface area contributed by atoms with E-state index in [2.05, 4.69) is 27.3 Å². The van der Waals surface area contributed by atoms with E-state index in [9.17, 15) is 4.79 Å². The van der Waals surface area contributed by atoms with E-state index in [1.165, 1.54) is 0 Å². The van der Waals surface area contributed by atoms with Gasteiger partial charge < -0.3 is 10.2 Å². The fourth-order valence-electron chi connectivity index (χ4n) is 2.39. The lowest BCUT2D eigenvalue weighted by Gasteiger charge is -2.26. The molecule has 108 valence electrons. The molecule has 1 heterocycles. The van der Waals surface area contributed by atoms with Gasteiger partial charge in [-0.3, -0.25) is 0 Å². The number of halogens is 2. The molecule has 2 aromatic carbocycles. The minimum atomic E-state index is -0.202. The van der Waals surface area contributed by atoms with Gasteiger partial charge >= 0.3 is 6.03 Å². The number of rotatable bonds is 2. The quantitative estimate of drug-likeness (QED) is 0.765. The van der Waals surface area contributed by atoms with Crippen molar-refractivity contribution < 1.29 is 4.79 Å². The Hall–Kier alpha value is -1.52. The van der Waals surface area contributed by atoms with Gasteiger partial charge in [-0.1, -0.05) is 40.2 Å². The molecule has 1 unspecified atom stereocenters. The lowest BCUT2D eigenvalue weighted by molar-refractivity contribution is 0.218. The molecule has 1 aliphatic heterocycles. The van der Waals surface area contributed by atoms with E-state index in [1.807, 2.05) is 36.4 Å². The number of fused-ring (bicyclic) bond motifs is 1. The van der Waals surface area contributed by atoms with Crippen LogP contribution in [0.15, 0.2) is 46.9 Å². The molecule has 0 saturated carbocycles. The number of nitrogens with zero attached hydrogens (tertiary/aromatic N) is 1. The maximum absolute atomic E-state index is 11.6. The van der Waals surface area contributed by atoms with Crippen molar-refractivity contribution in [3.05, 3.63) is 63.6 Å². The highest BCUT2D eigenvalue weighted by molar-refractivity contribution is 9.10. The van der Waals surface area contributed by atoms with Crippen LogP contribution in [-0.4, -0.2) is 18.0 Å². The third kappa shape index (κ3) is 2.92. The minimum Gasteiger partial charge on any atom is -0.323 e. The molecule has 5 heteroatoms. The Morgan fingerprint density at radius 3 is 2.57 bits per heavy atom. The molecule has 0 saturated heterocycles. The second-order valence-corrected chi connectivity index (χ2v) is 6.47. The number of carbonyl (C=O) groups excluding carboxylic acids is 1. The van der Waals surface area contributed by atoms with Crippen molar-refractivity contribution in [3.8, 4) is 0 Å². The molecule has 0 radical (unpaired) electrons. The van der Waals surface area contributed by atoms with Crippen LogP contribution in [0.4, 0.5) is 10.5 Å². The predicted octanol–water partition coefficient (Wildman–Crippen LogP) is 4.75. The van der Waals surface area contributed by atoms with Gasteiger partial charge in [-0.25, -0.2) is 4.79 Å². The van der Waals surface area contributed by atoms with Crippen LogP contribution in [0.25, 0.3) is 0 Å². The van der Waals surface area contributed by atoms with Crippen LogP contribution in [0.3, 0.4) is 0 Å². The Morgan fingerprint density at radius 1 is 1.19 bits per heavy atom. The van der Waals surface area contributed by atoms with Crippen LogP contribution < -0.4 is 5.32 Å². The Balaban J connectivity index is 1.91. The van der Waals surface area contributed by atoms with Crippen LogP contribution in [-0.2, 0) is 6.54 Å². The van der Waals surface area contributed by atoms with Crippen LogP contribution >= 0.6 is 27.5 Å². The molecule has 0 spiro atoms. The summed E-state index contributed by atoms with van der Waals surface area (Å²) in [4.78, 5) is 13.3. The van der Waals surface area contributed by atoms with Crippen molar-refractivity contribution >= 4 is 39.2 Å². The van der Waals surface area contributed by atoms with Crippen LogP contribution in [0.2, 0.25) is 0 Å². The van der Waals surface area contributed by atoms with Crippen LogP contribution in [0.1, 0.15) is 22.1 Å². The topological polar surface area (TPSA) is 32.3 Å². The van der Waals surface area contributed by atoms with Gasteiger partial charge in [0.05, 0.1) is 5.38 Å². The number of nitrogens with one attached hydrogen (secondary N) is 1. The van der Waals surface area contributed by atoms with Gasteiger partial charge in [0.1, 0.15) is 0 Å². The summed E-state index contributed by atoms with van der Waals surface area (Å²) in [5, 5.41) is 2.66. The Kier molecular flexibility index (Phi) is 3.91. The molecule has 1 aliphatic rings. The zero-order valence-corrected chi connectivity index (χ0v) is 13.8.